The van der Waals surface area contributed by atoms with Gasteiger partial charge >= 0.3 is 5.97 Å². The Morgan fingerprint density at radius 2 is 2.17 bits per heavy atom. The molecule has 0 aliphatic rings. The van der Waals surface area contributed by atoms with E-state index in [-0.39, 0.29) is 23.7 Å². The normalized spacial score (nSPS) is 10.6. The number of carboxylic acids is 1. The molecule has 94 valence electrons. The average Bonchev–Trinajstić information content (AvgIpc) is 2.60. The number of anilines is 1. The number of aromatic nitrogens is 2. The molecular formula is C11H9BrFN3O2. The molecule has 7 heteroatoms. The molecule has 0 saturated heterocycles. The molecular weight excluding hydrogens is 305 g/mol. The molecule has 0 fully saturated rings. The number of aromatic carboxylic acids is 1. The minimum absolute atomic E-state index is 0.0267. The Bertz CT molecular complexity index is 612. The number of rotatable bonds is 3. The van der Waals surface area contributed by atoms with Crippen LogP contribution in [0.4, 0.5) is 10.1 Å². The summed E-state index contributed by atoms with van der Waals surface area (Å²) in [5, 5.41) is 12.7. The monoisotopic (exact) mass is 313 g/mol. The van der Waals surface area contributed by atoms with Crippen molar-refractivity contribution in [2.45, 2.75) is 6.54 Å². The third kappa shape index (κ3) is 2.21. The Hall–Kier alpha value is -1.89. The lowest BCUT2D eigenvalue weighted by Crippen LogP contribution is -2.06. The standard InChI is InChI=1S/C11H9BrFN3O2/c12-10-8(14)9(11(17)18)15-16(10)5-6-3-1-2-4-7(6)13/h1-4H,5,14H2,(H,17,18). The van der Waals surface area contributed by atoms with Crippen LogP contribution in [0.25, 0.3) is 0 Å². The lowest BCUT2D eigenvalue weighted by Gasteiger charge is -2.04. The van der Waals surface area contributed by atoms with Gasteiger partial charge in [-0.2, -0.15) is 5.10 Å². The van der Waals surface area contributed by atoms with E-state index in [1.807, 2.05) is 0 Å². The second-order valence-electron chi connectivity index (χ2n) is 3.61. The Balaban J connectivity index is 2.39. The third-order valence-corrected chi connectivity index (χ3v) is 3.24. The van der Waals surface area contributed by atoms with E-state index in [1.54, 1.807) is 18.2 Å². The molecule has 1 heterocycles. The van der Waals surface area contributed by atoms with E-state index < -0.39 is 5.97 Å². The smallest absolute Gasteiger partial charge is 0.358 e. The lowest BCUT2D eigenvalue weighted by atomic mass is 10.2. The number of carboxylic acid groups (broad SMARTS) is 1. The predicted molar refractivity (Wildman–Crippen MR) is 66.8 cm³/mol. The van der Waals surface area contributed by atoms with Crippen LogP contribution < -0.4 is 5.73 Å². The average molecular weight is 314 g/mol. The number of hydrogen-bond acceptors (Lipinski definition) is 3. The van der Waals surface area contributed by atoms with Gasteiger partial charge in [0, 0.05) is 5.56 Å². The molecule has 1 aromatic carbocycles. The van der Waals surface area contributed by atoms with Crippen LogP contribution in [-0.4, -0.2) is 20.9 Å². The molecule has 3 N–H and O–H groups in total. The molecule has 0 amide bonds. The molecule has 18 heavy (non-hydrogen) atoms. The van der Waals surface area contributed by atoms with Crippen LogP contribution in [0, 0.1) is 5.82 Å². The second-order valence-corrected chi connectivity index (χ2v) is 4.36. The van der Waals surface area contributed by atoms with Crippen LogP contribution in [0.15, 0.2) is 28.9 Å². The first-order valence-electron chi connectivity index (χ1n) is 4.99. The SMILES string of the molecule is Nc1c(C(=O)O)nn(Cc2ccccc2F)c1Br. The van der Waals surface area contributed by atoms with Gasteiger partial charge in [0.15, 0.2) is 5.69 Å². The largest absolute Gasteiger partial charge is 0.476 e. The van der Waals surface area contributed by atoms with Crippen molar-refractivity contribution in [2.24, 2.45) is 0 Å². The van der Waals surface area contributed by atoms with Crippen LogP contribution in [0.2, 0.25) is 0 Å². The molecule has 2 rings (SSSR count). The summed E-state index contributed by atoms with van der Waals surface area (Å²) in [5.41, 5.74) is 5.77. The molecule has 0 radical (unpaired) electrons. The number of carbonyl (C=O) groups is 1. The first-order valence-corrected chi connectivity index (χ1v) is 5.78. The zero-order chi connectivity index (χ0) is 13.3. The Labute approximate surface area is 110 Å². The molecule has 0 unspecified atom stereocenters. The fraction of sp³-hybridized carbons (Fsp3) is 0.0909. The highest BCUT2D eigenvalue weighted by Crippen LogP contribution is 2.24. The molecule has 0 aliphatic heterocycles. The van der Waals surface area contributed by atoms with Crippen molar-refractivity contribution < 1.29 is 14.3 Å². The van der Waals surface area contributed by atoms with E-state index in [4.69, 9.17) is 10.8 Å². The van der Waals surface area contributed by atoms with Gasteiger partial charge < -0.3 is 10.8 Å². The van der Waals surface area contributed by atoms with Crippen LogP contribution in [0.1, 0.15) is 16.1 Å². The fourth-order valence-corrected chi connectivity index (χ4v) is 1.90. The minimum Gasteiger partial charge on any atom is -0.476 e. The highest BCUT2D eigenvalue weighted by Gasteiger charge is 2.19. The molecule has 2 aromatic rings. The third-order valence-electron chi connectivity index (χ3n) is 2.41. The van der Waals surface area contributed by atoms with Crippen molar-refractivity contribution in [1.29, 1.82) is 0 Å². The number of nitrogens with two attached hydrogens (primary N) is 1. The summed E-state index contributed by atoms with van der Waals surface area (Å²) in [6.07, 6.45) is 0. The topological polar surface area (TPSA) is 81.1 Å². The summed E-state index contributed by atoms with van der Waals surface area (Å²) in [4.78, 5) is 10.9. The Kier molecular flexibility index (Phi) is 3.33. The summed E-state index contributed by atoms with van der Waals surface area (Å²) in [5.74, 6) is -1.60. The quantitative estimate of drug-likeness (QED) is 0.909. The van der Waals surface area contributed by atoms with Crippen molar-refractivity contribution in [2.75, 3.05) is 5.73 Å². The molecule has 0 spiro atoms. The summed E-state index contributed by atoms with van der Waals surface area (Å²) in [7, 11) is 0. The zero-order valence-corrected chi connectivity index (χ0v) is 10.7. The van der Waals surface area contributed by atoms with Crippen molar-refractivity contribution >= 4 is 27.6 Å². The maximum absolute atomic E-state index is 13.5. The van der Waals surface area contributed by atoms with Gasteiger partial charge in [-0.3, -0.25) is 4.68 Å². The van der Waals surface area contributed by atoms with E-state index in [0.29, 0.717) is 10.2 Å². The van der Waals surface area contributed by atoms with Crippen molar-refractivity contribution in [3.05, 3.63) is 45.9 Å². The van der Waals surface area contributed by atoms with Crippen molar-refractivity contribution in [1.82, 2.24) is 9.78 Å². The van der Waals surface area contributed by atoms with Gasteiger partial charge in [-0.25, -0.2) is 9.18 Å². The van der Waals surface area contributed by atoms with Crippen LogP contribution in [0.5, 0.6) is 0 Å². The van der Waals surface area contributed by atoms with Crippen LogP contribution in [-0.2, 0) is 6.54 Å². The van der Waals surface area contributed by atoms with Crippen LogP contribution >= 0.6 is 15.9 Å². The molecule has 0 atom stereocenters. The number of hydrogen-bond donors (Lipinski definition) is 2. The summed E-state index contributed by atoms with van der Waals surface area (Å²) >= 11 is 3.14. The second kappa shape index (κ2) is 4.77. The minimum atomic E-state index is -1.22. The number of halogens is 2. The van der Waals surface area contributed by atoms with E-state index >= 15 is 0 Å². The summed E-state index contributed by atoms with van der Waals surface area (Å²) in [6.45, 7) is 0.102. The van der Waals surface area contributed by atoms with Crippen molar-refractivity contribution in [3.8, 4) is 0 Å². The summed E-state index contributed by atoms with van der Waals surface area (Å²) in [6, 6.07) is 6.19. The predicted octanol–water partition coefficient (Wildman–Crippen LogP) is 2.11. The Morgan fingerprint density at radius 3 is 2.72 bits per heavy atom. The molecule has 5 nitrogen and oxygen atoms in total. The zero-order valence-electron chi connectivity index (χ0n) is 9.10. The van der Waals surface area contributed by atoms with Gasteiger partial charge in [0.05, 0.1) is 12.2 Å². The highest BCUT2D eigenvalue weighted by atomic mass is 79.9. The first kappa shape index (κ1) is 12.6. The van der Waals surface area contributed by atoms with E-state index in [9.17, 15) is 9.18 Å². The van der Waals surface area contributed by atoms with Crippen LogP contribution in [0.3, 0.4) is 0 Å². The van der Waals surface area contributed by atoms with Crippen molar-refractivity contribution in [3.63, 3.8) is 0 Å². The van der Waals surface area contributed by atoms with E-state index in [2.05, 4.69) is 21.0 Å². The number of benzene rings is 1. The van der Waals surface area contributed by atoms with E-state index in [0.717, 1.165) is 0 Å². The van der Waals surface area contributed by atoms with Gasteiger partial charge in [-0.15, -0.1) is 0 Å². The molecule has 1 aromatic heterocycles. The van der Waals surface area contributed by atoms with Gasteiger partial charge in [-0.05, 0) is 22.0 Å². The molecule has 0 saturated carbocycles. The molecule has 0 bridgehead atoms. The fourth-order valence-electron chi connectivity index (χ4n) is 1.51. The lowest BCUT2D eigenvalue weighted by molar-refractivity contribution is 0.0690. The molecule has 0 aliphatic carbocycles. The van der Waals surface area contributed by atoms with Gasteiger partial charge in [0.1, 0.15) is 10.4 Å². The van der Waals surface area contributed by atoms with Gasteiger partial charge in [0.25, 0.3) is 0 Å². The van der Waals surface area contributed by atoms with Gasteiger partial charge in [-0.1, -0.05) is 18.2 Å². The Morgan fingerprint density at radius 1 is 1.50 bits per heavy atom. The van der Waals surface area contributed by atoms with Gasteiger partial charge in [0.2, 0.25) is 0 Å². The number of nitrogens with zero attached hydrogens (tertiary/aromatic N) is 2. The number of nitrogen functional groups attached to an aromatic ring is 1. The first-order chi connectivity index (χ1) is 8.50. The maximum atomic E-state index is 13.5. The summed E-state index contributed by atoms with van der Waals surface area (Å²) < 4.78 is 15.1. The van der Waals surface area contributed by atoms with E-state index in [1.165, 1.54) is 10.7 Å². The highest BCUT2D eigenvalue weighted by molar-refractivity contribution is 9.10. The maximum Gasteiger partial charge on any atom is 0.358 e.